The number of carboxylic acids is 1. The fourth-order valence-electron chi connectivity index (χ4n) is 3.44. The van der Waals surface area contributed by atoms with Crippen molar-refractivity contribution in [2.24, 2.45) is 11.3 Å². The van der Waals surface area contributed by atoms with Crippen molar-refractivity contribution < 1.29 is 14.6 Å². The summed E-state index contributed by atoms with van der Waals surface area (Å²) in [5.41, 5.74) is 0.188. The van der Waals surface area contributed by atoms with Crippen LogP contribution in [0.1, 0.15) is 51.4 Å². The van der Waals surface area contributed by atoms with E-state index in [9.17, 15) is 4.79 Å². The number of rotatable bonds is 2. The third-order valence-corrected chi connectivity index (χ3v) is 4.39. The number of hydrogen-bond donors (Lipinski definition) is 1. The Labute approximate surface area is 97.2 Å². The highest BCUT2D eigenvalue weighted by Crippen LogP contribution is 2.46. The fourth-order valence-corrected chi connectivity index (χ4v) is 3.44. The molecule has 1 unspecified atom stereocenters. The highest BCUT2D eigenvalue weighted by molar-refractivity contribution is 5.67. The molecule has 16 heavy (non-hydrogen) atoms. The summed E-state index contributed by atoms with van der Waals surface area (Å²) in [5.74, 6) is -0.299. The van der Waals surface area contributed by atoms with Gasteiger partial charge in [0.2, 0.25) is 0 Å². The average Bonchev–Trinajstić information content (AvgIpc) is 2.48. The molecule has 1 N–H and O–H groups in total. The Balaban J connectivity index is 2.08. The monoisotopic (exact) mass is 226 g/mol. The first-order chi connectivity index (χ1) is 7.73. The van der Waals surface area contributed by atoms with E-state index in [-0.39, 0.29) is 5.41 Å². The highest BCUT2D eigenvalue weighted by Gasteiger charge is 2.42. The van der Waals surface area contributed by atoms with E-state index < -0.39 is 5.97 Å². The molecular formula is C13H22O3. The Morgan fingerprint density at radius 2 is 1.94 bits per heavy atom. The second-order valence-corrected chi connectivity index (χ2v) is 5.41. The maximum absolute atomic E-state index is 10.9. The van der Waals surface area contributed by atoms with Gasteiger partial charge in [-0.05, 0) is 30.6 Å². The Hall–Kier alpha value is -0.570. The van der Waals surface area contributed by atoms with E-state index >= 15 is 0 Å². The fraction of sp³-hybridized carbons (Fsp3) is 0.923. The predicted octanol–water partition coefficient (Wildman–Crippen LogP) is 2.84. The van der Waals surface area contributed by atoms with Crippen LogP contribution in [0.25, 0.3) is 0 Å². The summed E-state index contributed by atoms with van der Waals surface area (Å²) < 4.78 is 5.64. The number of hydrogen-bond acceptors (Lipinski definition) is 2. The van der Waals surface area contributed by atoms with Crippen molar-refractivity contribution >= 4 is 5.97 Å². The van der Waals surface area contributed by atoms with Crippen molar-refractivity contribution in [3.63, 3.8) is 0 Å². The first kappa shape index (κ1) is 11.9. The van der Waals surface area contributed by atoms with Crippen LogP contribution < -0.4 is 0 Å². The third-order valence-electron chi connectivity index (χ3n) is 4.39. The third kappa shape index (κ3) is 2.57. The Bertz CT molecular complexity index is 242. The molecule has 1 aliphatic carbocycles. The van der Waals surface area contributed by atoms with Gasteiger partial charge in [-0.15, -0.1) is 0 Å². The molecule has 0 aromatic heterocycles. The molecule has 1 spiro atoms. The van der Waals surface area contributed by atoms with Crippen molar-refractivity contribution in [3.8, 4) is 0 Å². The summed E-state index contributed by atoms with van der Waals surface area (Å²) in [7, 11) is 0. The van der Waals surface area contributed by atoms with Crippen molar-refractivity contribution in [2.75, 3.05) is 13.2 Å². The Kier molecular flexibility index (Phi) is 3.85. The van der Waals surface area contributed by atoms with Gasteiger partial charge in [-0.2, -0.15) is 0 Å². The Morgan fingerprint density at radius 1 is 1.25 bits per heavy atom. The van der Waals surface area contributed by atoms with E-state index in [4.69, 9.17) is 9.84 Å². The topological polar surface area (TPSA) is 46.5 Å². The zero-order valence-electron chi connectivity index (χ0n) is 9.91. The normalized spacial score (nSPS) is 29.9. The predicted molar refractivity (Wildman–Crippen MR) is 61.3 cm³/mol. The van der Waals surface area contributed by atoms with Crippen LogP contribution in [-0.4, -0.2) is 24.3 Å². The molecule has 0 aromatic rings. The van der Waals surface area contributed by atoms with Crippen LogP contribution in [0.4, 0.5) is 0 Å². The minimum Gasteiger partial charge on any atom is -0.481 e. The van der Waals surface area contributed by atoms with E-state index in [1.165, 1.54) is 38.5 Å². The summed E-state index contributed by atoms with van der Waals surface area (Å²) in [5, 5.41) is 9.01. The molecule has 2 rings (SSSR count). The summed E-state index contributed by atoms with van der Waals surface area (Å²) in [4.78, 5) is 10.9. The molecule has 3 heteroatoms. The van der Waals surface area contributed by atoms with E-state index in [1.807, 2.05) is 0 Å². The highest BCUT2D eigenvalue weighted by atomic mass is 16.5. The van der Waals surface area contributed by atoms with Crippen LogP contribution in [0.5, 0.6) is 0 Å². The molecule has 1 heterocycles. The zero-order valence-corrected chi connectivity index (χ0v) is 9.91. The van der Waals surface area contributed by atoms with Crippen molar-refractivity contribution in [1.29, 1.82) is 0 Å². The molecule has 1 saturated carbocycles. The number of ether oxygens (including phenoxy) is 1. The van der Waals surface area contributed by atoms with Crippen molar-refractivity contribution in [2.45, 2.75) is 51.4 Å². The van der Waals surface area contributed by atoms with Gasteiger partial charge in [0.15, 0.2) is 0 Å². The number of aliphatic carboxylic acids is 1. The van der Waals surface area contributed by atoms with E-state index in [0.717, 1.165) is 19.6 Å². The summed E-state index contributed by atoms with van der Waals surface area (Å²) in [6, 6.07) is 0. The quantitative estimate of drug-likeness (QED) is 0.787. The summed E-state index contributed by atoms with van der Waals surface area (Å²) in [6.45, 7) is 1.55. The molecule has 1 saturated heterocycles. The van der Waals surface area contributed by atoms with Crippen LogP contribution in [-0.2, 0) is 9.53 Å². The van der Waals surface area contributed by atoms with E-state index in [1.54, 1.807) is 0 Å². The van der Waals surface area contributed by atoms with Gasteiger partial charge >= 0.3 is 5.97 Å². The molecule has 0 amide bonds. The number of carboxylic acid groups (broad SMARTS) is 1. The van der Waals surface area contributed by atoms with Crippen LogP contribution in [0.15, 0.2) is 0 Å². The molecule has 0 radical (unpaired) electrons. The van der Waals surface area contributed by atoms with Crippen molar-refractivity contribution in [1.82, 2.24) is 0 Å². The lowest BCUT2D eigenvalue weighted by Crippen LogP contribution is -2.41. The Morgan fingerprint density at radius 3 is 2.56 bits per heavy atom. The largest absolute Gasteiger partial charge is 0.481 e. The molecule has 3 nitrogen and oxygen atoms in total. The average molecular weight is 226 g/mol. The van der Waals surface area contributed by atoms with Crippen molar-refractivity contribution in [3.05, 3.63) is 0 Å². The molecular weight excluding hydrogens is 204 g/mol. The smallest absolute Gasteiger partial charge is 0.303 e. The lowest BCUT2D eigenvalue weighted by Gasteiger charge is -2.43. The van der Waals surface area contributed by atoms with E-state index in [2.05, 4.69) is 0 Å². The lowest BCUT2D eigenvalue weighted by atomic mass is 9.67. The maximum atomic E-state index is 10.9. The second kappa shape index (κ2) is 5.17. The van der Waals surface area contributed by atoms with Crippen LogP contribution in [0.2, 0.25) is 0 Å². The lowest BCUT2D eigenvalue weighted by molar-refractivity contribution is -0.142. The van der Waals surface area contributed by atoms with Crippen LogP contribution in [0.3, 0.4) is 0 Å². The molecule has 1 atom stereocenters. The molecule has 1 aliphatic heterocycles. The van der Waals surface area contributed by atoms with Gasteiger partial charge in [0, 0.05) is 13.0 Å². The van der Waals surface area contributed by atoms with Gasteiger partial charge in [-0.25, -0.2) is 0 Å². The number of carbonyl (C=O) groups is 1. The van der Waals surface area contributed by atoms with Gasteiger partial charge in [-0.3, -0.25) is 4.79 Å². The van der Waals surface area contributed by atoms with Gasteiger partial charge in [0.05, 0.1) is 6.61 Å². The molecule has 2 aliphatic rings. The molecule has 2 fully saturated rings. The van der Waals surface area contributed by atoms with Gasteiger partial charge in [0.1, 0.15) is 0 Å². The molecule has 92 valence electrons. The maximum Gasteiger partial charge on any atom is 0.303 e. The van der Waals surface area contributed by atoms with E-state index in [0.29, 0.717) is 12.3 Å². The first-order valence-electron chi connectivity index (χ1n) is 6.52. The van der Waals surface area contributed by atoms with Gasteiger partial charge in [-0.1, -0.05) is 25.7 Å². The first-order valence-corrected chi connectivity index (χ1v) is 6.52. The van der Waals surface area contributed by atoms with Gasteiger partial charge < -0.3 is 9.84 Å². The molecule has 0 bridgehead atoms. The minimum atomic E-state index is -0.643. The van der Waals surface area contributed by atoms with Gasteiger partial charge in [0.25, 0.3) is 0 Å². The minimum absolute atomic E-state index is 0.188. The summed E-state index contributed by atoms with van der Waals surface area (Å²) in [6.07, 6.45) is 8.73. The molecule has 0 aromatic carbocycles. The van der Waals surface area contributed by atoms with Crippen LogP contribution >= 0.6 is 0 Å². The summed E-state index contributed by atoms with van der Waals surface area (Å²) >= 11 is 0. The second-order valence-electron chi connectivity index (χ2n) is 5.41. The zero-order chi connectivity index (χ0) is 11.4. The SMILES string of the molecule is O=C(O)CC1CCOCC12CCCCCC2. The van der Waals surface area contributed by atoms with Crippen LogP contribution in [0, 0.1) is 11.3 Å². The standard InChI is InChI=1S/C13H22O3/c14-12(15)9-11-5-8-16-10-13(11)6-3-1-2-4-7-13/h11H,1-10H2,(H,14,15).